The second-order valence-electron chi connectivity index (χ2n) is 4.45. The highest BCUT2D eigenvalue weighted by molar-refractivity contribution is 5.43. The van der Waals surface area contributed by atoms with Crippen molar-refractivity contribution < 1.29 is 9.47 Å². The molecule has 0 heterocycles. The monoisotopic (exact) mass is 233 g/mol. The van der Waals surface area contributed by atoms with Gasteiger partial charge in [-0.25, -0.2) is 0 Å². The lowest BCUT2D eigenvalue weighted by molar-refractivity contribution is 0.0972. The Labute approximate surface area is 102 Å². The molecule has 17 heavy (non-hydrogen) atoms. The molecule has 2 rings (SSSR count). The van der Waals surface area contributed by atoms with Gasteiger partial charge in [0, 0.05) is 6.04 Å². The second kappa shape index (κ2) is 5.23. The number of ether oxygens (including phenoxy) is 2. The summed E-state index contributed by atoms with van der Waals surface area (Å²) in [6.45, 7) is 3.74. The van der Waals surface area contributed by atoms with E-state index >= 15 is 0 Å². The van der Waals surface area contributed by atoms with Crippen molar-refractivity contribution in [3.63, 3.8) is 0 Å². The van der Waals surface area contributed by atoms with Crippen molar-refractivity contribution in [1.29, 1.82) is 0 Å². The number of allylic oxidation sites excluding steroid dienone is 1. The van der Waals surface area contributed by atoms with Gasteiger partial charge in [0.25, 0.3) is 0 Å². The molecule has 2 N–H and O–H groups in total. The summed E-state index contributed by atoms with van der Waals surface area (Å²) in [5.41, 5.74) is 6.93. The minimum absolute atomic E-state index is 0.234. The maximum Gasteiger partial charge on any atom is 0.161 e. The summed E-state index contributed by atoms with van der Waals surface area (Å²) >= 11 is 0. The Morgan fingerprint density at radius 1 is 1.41 bits per heavy atom. The summed E-state index contributed by atoms with van der Waals surface area (Å²) in [5, 5.41) is 0. The lowest BCUT2D eigenvalue weighted by Gasteiger charge is -2.33. The maximum atomic E-state index is 5.89. The minimum atomic E-state index is 0.234. The molecule has 0 unspecified atom stereocenters. The van der Waals surface area contributed by atoms with Gasteiger partial charge in [-0.1, -0.05) is 12.1 Å². The van der Waals surface area contributed by atoms with Crippen molar-refractivity contribution >= 4 is 0 Å². The third-order valence-corrected chi connectivity index (χ3v) is 3.03. The maximum absolute atomic E-state index is 5.89. The van der Waals surface area contributed by atoms with Gasteiger partial charge in [-0.3, -0.25) is 0 Å². The van der Waals surface area contributed by atoms with Gasteiger partial charge in [-0.05, 0) is 37.0 Å². The molecule has 1 aromatic carbocycles. The number of methoxy groups -OCH3 is 1. The molecule has 0 amide bonds. The highest BCUT2D eigenvalue weighted by Crippen LogP contribution is 2.32. The normalized spacial score (nSPS) is 22.7. The van der Waals surface area contributed by atoms with Crippen LogP contribution in [0.15, 0.2) is 30.9 Å². The molecule has 1 aliphatic carbocycles. The van der Waals surface area contributed by atoms with Crippen LogP contribution >= 0.6 is 0 Å². The smallest absolute Gasteiger partial charge is 0.161 e. The SMILES string of the molecule is C=CCc1ccc(OC)c(OC2CC(N)C2)c1. The highest BCUT2D eigenvalue weighted by atomic mass is 16.5. The topological polar surface area (TPSA) is 44.5 Å². The first-order valence-corrected chi connectivity index (χ1v) is 5.93. The van der Waals surface area contributed by atoms with E-state index in [0.717, 1.165) is 30.8 Å². The molecule has 0 atom stereocenters. The molecule has 1 aromatic rings. The second-order valence-corrected chi connectivity index (χ2v) is 4.45. The van der Waals surface area contributed by atoms with Crippen LogP contribution in [0, 0.1) is 0 Å². The Kier molecular flexibility index (Phi) is 3.69. The Hall–Kier alpha value is -1.48. The van der Waals surface area contributed by atoms with E-state index < -0.39 is 0 Å². The summed E-state index contributed by atoms with van der Waals surface area (Å²) in [4.78, 5) is 0. The fourth-order valence-electron chi connectivity index (χ4n) is 1.99. The first-order valence-electron chi connectivity index (χ1n) is 5.93. The van der Waals surface area contributed by atoms with Crippen LogP contribution in [-0.4, -0.2) is 19.3 Å². The number of hydrogen-bond acceptors (Lipinski definition) is 3. The van der Waals surface area contributed by atoms with Gasteiger partial charge in [-0.15, -0.1) is 6.58 Å². The van der Waals surface area contributed by atoms with Gasteiger partial charge in [0.1, 0.15) is 6.10 Å². The summed E-state index contributed by atoms with van der Waals surface area (Å²) < 4.78 is 11.2. The average Bonchev–Trinajstić information content (AvgIpc) is 2.28. The van der Waals surface area contributed by atoms with Crippen LogP contribution in [0.4, 0.5) is 0 Å². The quantitative estimate of drug-likeness (QED) is 0.794. The van der Waals surface area contributed by atoms with Gasteiger partial charge >= 0.3 is 0 Å². The predicted molar refractivity (Wildman–Crippen MR) is 68.5 cm³/mol. The molecule has 1 fully saturated rings. The van der Waals surface area contributed by atoms with Crippen LogP contribution in [-0.2, 0) is 6.42 Å². The first kappa shape index (κ1) is 12.0. The standard InChI is InChI=1S/C14H19NO2/c1-3-4-10-5-6-13(16-2)14(7-10)17-12-8-11(15)9-12/h3,5-7,11-12H,1,4,8-9,15H2,2H3. The summed E-state index contributed by atoms with van der Waals surface area (Å²) in [6.07, 6.45) is 4.80. The number of rotatable bonds is 5. The Bertz CT molecular complexity index is 397. The highest BCUT2D eigenvalue weighted by Gasteiger charge is 2.28. The van der Waals surface area contributed by atoms with Crippen LogP contribution in [0.3, 0.4) is 0 Å². The molecule has 0 aliphatic heterocycles. The van der Waals surface area contributed by atoms with Crippen molar-refractivity contribution in [3.8, 4) is 11.5 Å². The van der Waals surface area contributed by atoms with Crippen LogP contribution in [0.5, 0.6) is 11.5 Å². The lowest BCUT2D eigenvalue weighted by Crippen LogP contribution is -2.43. The third kappa shape index (κ3) is 2.80. The van der Waals surface area contributed by atoms with E-state index in [4.69, 9.17) is 15.2 Å². The van der Waals surface area contributed by atoms with E-state index in [1.807, 2.05) is 24.3 Å². The molecule has 0 radical (unpaired) electrons. The van der Waals surface area contributed by atoms with Crippen molar-refractivity contribution in [1.82, 2.24) is 0 Å². The molecule has 0 saturated heterocycles. The van der Waals surface area contributed by atoms with Crippen molar-refractivity contribution in [2.45, 2.75) is 31.4 Å². The predicted octanol–water partition coefficient (Wildman–Crippen LogP) is 2.29. The lowest BCUT2D eigenvalue weighted by atomic mass is 9.90. The fraction of sp³-hybridized carbons (Fsp3) is 0.429. The van der Waals surface area contributed by atoms with Crippen molar-refractivity contribution in [2.24, 2.45) is 5.73 Å². The van der Waals surface area contributed by atoms with Gasteiger partial charge < -0.3 is 15.2 Å². The largest absolute Gasteiger partial charge is 0.493 e. The molecule has 0 spiro atoms. The van der Waals surface area contributed by atoms with E-state index in [0.29, 0.717) is 6.04 Å². The minimum Gasteiger partial charge on any atom is -0.493 e. The number of benzene rings is 1. The van der Waals surface area contributed by atoms with Gasteiger partial charge in [0.05, 0.1) is 7.11 Å². The van der Waals surface area contributed by atoms with Crippen molar-refractivity contribution in [3.05, 3.63) is 36.4 Å². The molecule has 3 nitrogen and oxygen atoms in total. The summed E-state index contributed by atoms with van der Waals surface area (Å²) in [6, 6.07) is 6.28. The Morgan fingerprint density at radius 3 is 2.76 bits per heavy atom. The number of hydrogen-bond donors (Lipinski definition) is 1. The molecule has 1 saturated carbocycles. The summed E-state index contributed by atoms with van der Waals surface area (Å²) in [7, 11) is 1.65. The molecule has 0 bridgehead atoms. The van der Waals surface area contributed by atoms with Gasteiger partial charge in [-0.2, -0.15) is 0 Å². The average molecular weight is 233 g/mol. The molecule has 0 aromatic heterocycles. The van der Waals surface area contributed by atoms with Crippen LogP contribution in [0.25, 0.3) is 0 Å². The van der Waals surface area contributed by atoms with E-state index in [1.54, 1.807) is 7.11 Å². The molecular formula is C14H19NO2. The Morgan fingerprint density at radius 2 is 2.18 bits per heavy atom. The van der Waals surface area contributed by atoms with Crippen LogP contribution in [0.2, 0.25) is 0 Å². The zero-order valence-electron chi connectivity index (χ0n) is 10.2. The van der Waals surface area contributed by atoms with E-state index in [2.05, 4.69) is 6.58 Å². The third-order valence-electron chi connectivity index (χ3n) is 3.03. The van der Waals surface area contributed by atoms with E-state index in [-0.39, 0.29) is 6.10 Å². The fourth-order valence-corrected chi connectivity index (χ4v) is 1.99. The molecular weight excluding hydrogens is 214 g/mol. The summed E-state index contributed by atoms with van der Waals surface area (Å²) in [5.74, 6) is 1.59. The van der Waals surface area contributed by atoms with Crippen LogP contribution in [0.1, 0.15) is 18.4 Å². The zero-order valence-corrected chi connectivity index (χ0v) is 10.2. The zero-order chi connectivity index (χ0) is 12.3. The van der Waals surface area contributed by atoms with Crippen LogP contribution < -0.4 is 15.2 Å². The number of nitrogens with two attached hydrogens (primary N) is 1. The Balaban J connectivity index is 2.11. The molecule has 1 aliphatic rings. The molecule has 3 heteroatoms. The van der Waals surface area contributed by atoms with E-state index in [1.165, 1.54) is 5.56 Å². The first-order chi connectivity index (χ1) is 8.22. The molecule has 92 valence electrons. The van der Waals surface area contributed by atoms with Crippen molar-refractivity contribution in [2.75, 3.05) is 7.11 Å². The van der Waals surface area contributed by atoms with Gasteiger partial charge in [0.15, 0.2) is 11.5 Å². The van der Waals surface area contributed by atoms with Gasteiger partial charge in [0.2, 0.25) is 0 Å². The van der Waals surface area contributed by atoms with E-state index in [9.17, 15) is 0 Å².